The topological polar surface area (TPSA) is 95.8 Å². The Morgan fingerprint density at radius 2 is 1.61 bits per heavy atom. The van der Waals surface area contributed by atoms with Gasteiger partial charge in [-0.15, -0.1) is 0 Å². The van der Waals surface area contributed by atoms with Crippen LogP contribution in [-0.2, 0) is 17.8 Å². The van der Waals surface area contributed by atoms with Crippen molar-refractivity contribution in [1.82, 2.24) is 5.32 Å². The van der Waals surface area contributed by atoms with Crippen LogP contribution in [0.3, 0.4) is 0 Å². The van der Waals surface area contributed by atoms with Crippen molar-refractivity contribution in [2.75, 3.05) is 43.2 Å². The molecule has 0 aromatic heterocycles. The molecule has 0 radical (unpaired) electrons. The van der Waals surface area contributed by atoms with Crippen LogP contribution >= 0.6 is 11.9 Å². The van der Waals surface area contributed by atoms with Crippen LogP contribution in [-0.4, -0.2) is 39.5 Å². The molecule has 4 aromatic rings. The Labute approximate surface area is 276 Å². The van der Waals surface area contributed by atoms with Crippen LogP contribution < -0.4 is 24.4 Å². The maximum atomic E-state index is 12.5. The number of benzene rings is 4. The van der Waals surface area contributed by atoms with Crippen molar-refractivity contribution in [2.45, 2.75) is 33.4 Å². The summed E-state index contributed by atoms with van der Waals surface area (Å²) in [7, 11) is 3.28. The number of carbonyl (C=O) groups excluding carboxylic acids is 1. The van der Waals surface area contributed by atoms with Gasteiger partial charge in [0, 0.05) is 62.4 Å². The SMILES string of the molecule is CCC(COC)COc1cc(Oc2ccc(CN(Cc3ccc(C#N)cc3)c3cccc(NSC)c3C)cc2)cc(C(=O)NC)c1. The zero-order valence-corrected chi connectivity index (χ0v) is 27.9. The summed E-state index contributed by atoms with van der Waals surface area (Å²) in [5.74, 6) is 1.75. The van der Waals surface area contributed by atoms with Crippen molar-refractivity contribution in [3.8, 4) is 23.3 Å². The lowest BCUT2D eigenvalue weighted by Crippen LogP contribution is -2.23. The molecule has 1 unspecified atom stereocenters. The summed E-state index contributed by atoms with van der Waals surface area (Å²) in [5, 5.41) is 11.9. The molecule has 1 atom stereocenters. The number of carbonyl (C=O) groups is 1. The molecule has 240 valence electrons. The molecule has 46 heavy (non-hydrogen) atoms. The lowest BCUT2D eigenvalue weighted by atomic mass is 10.1. The van der Waals surface area contributed by atoms with Crippen molar-refractivity contribution >= 4 is 29.2 Å². The van der Waals surface area contributed by atoms with Crippen molar-refractivity contribution in [3.05, 3.63) is 113 Å². The van der Waals surface area contributed by atoms with E-state index in [0.717, 1.165) is 34.5 Å². The third kappa shape index (κ3) is 9.43. The van der Waals surface area contributed by atoms with Crippen LogP contribution in [0.4, 0.5) is 11.4 Å². The summed E-state index contributed by atoms with van der Waals surface area (Å²) in [4.78, 5) is 14.8. The van der Waals surface area contributed by atoms with Crippen LogP contribution in [0.2, 0.25) is 0 Å². The summed E-state index contributed by atoms with van der Waals surface area (Å²) in [6.45, 7) is 6.64. The lowest BCUT2D eigenvalue weighted by Gasteiger charge is -2.28. The molecule has 4 aromatic carbocycles. The monoisotopic (exact) mass is 638 g/mol. The largest absolute Gasteiger partial charge is 0.493 e. The molecular formula is C37H42N4O4S. The third-order valence-corrected chi connectivity index (χ3v) is 8.11. The first-order valence-electron chi connectivity index (χ1n) is 15.3. The van der Waals surface area contributed by atoms with Crippen molar-refractivity contribution in [2.24, 2.45) is 5.92 Å². The molecule has 9 heteroatoms. The van der Waals surface area contributed by atoms with E-state index < -0.39 is 0 Å². The second-order valence-electron chi connectivity index (χ2n) is 11.0. The highest BCUT2D eigenvalue weighted by molar-refractivity contribution is 7.99. The lowest BCUT2D eigenvalue weighted by molar-refractivity contribution is 0.0961. The first-order valence-corrected chi connectivity index (χ1v) is 16.5. The Bertz CT molecular complexity index is 1620. The Hall–Kier alpha value is -4.65. The number of nitrogens with zero attached hydrogens (tertiary/aromatic N) is 2. The van der Waals surface area contributed by atoms with Gasteiger partial charge < -0.3 is 29.1 Å². The van der Waals surface area contributed by atoms with E-state index in [1.807, 2.05) is 42.7 Å². The summed E-state index contributed by atoms with van der Waals surface area (Å²) in [6, 6.07) is 29.4. The summed E-state index contributed by atoms with van der Waals surface area (Å²) in [6.07, 6.45) is 2.93. The van der Waals surface area contributed by atoms with Crippen LogP contribution in [0.25, 0.3) is 0 Å². The zero-order chi connectivity index (χ0) is 32.9. The fraction of sp³-hybridized carbons (Fsp3) is 0.297. The van der Waals surface area contributed by atoms with E-state index in [2.05, 4.69) is 65.2 Å². The Morgan fingerprint density at radius 1 is 0.935 bits per heavy atom. The summed E-state index contributed by atoms with van der Waals surface area (Å²) >= 11 is 1.57. The minimum Gasteiger partial charge on any atom is -0.493 e. The fourth-order valence-corrected chi connectivity index (χ4v) is 5.50. The van der Waals surface area contributed by atoms with Gasteiger partial charge in [0.05, 0.1) is 24.8 Å². The van der Waals surface area contributed by atoms with Gasteiger partial charge in [-0.25, -0.2) is 0 Å². The van der Waals surface area contributed by atoms with Gasteiger partial charge in [-0.1, -0.05) is 49.2 Å². The standard InChI is InChI=1S/C37H42N4O4S/c1-6-27(24-43-4)25-44-33-18-31(37(42)39-3)19-34(20-33)45-32-16-14-30(15-17-32)23-41(22-29-12-10-28(21-38)11-13-29)36-9-7-8-35(26(36)2)40-46-5/h7-20,27,40H,6,22-25H2,1-5H3,(H,39,42). The first-order chi connectivity index (χ1) is 22.4. The minimum atomic E-state index is -0.218. The average molecular weight is 639 g/mol. The van der Waals surface area contributed by atoms with Crippen LogP contribution in [0.1, 0.15) is 46.0 Å². The van der Waals surface area contributed by atoms with Gasteiger partial charge in [-0.2, -0.15) is 5.26 Å². The van der Waals surface area contributed by atoms with Gasteiger partial charge in [0.2, 0.25) is 0 Å². The van der Waals surface area contributed by atoms with Gasteiger partial charge >= 0.3 is 0 Å². The summed E-state index contributed by atoms with van der Waals surface area (Å²) in [5.41, 5.74) is 6.68. The van der Waals surface area contributed by atoms with E-state index in [-0.39, 0.29) is 11.8 Å². The summed E-state index contributed by atoms with van der Waals surface area (Å²) < 4.78 is 21.0. The number of rotatable bonds is 16. The van der Waals surface area contributed by atoms with E-state index in [1.165, 1.54) is 0 Å². The fourth-order valence-electron chi connectivity index (χ4n) is 5.06. The molecule has 0 aliphatic heterocycles. The van der Waals surface area contributed by atoms with E-state index in [0.29, 0.717) is 54.7 Å². The molecular weight excluding hydrogens is 596 g/mol. The van der Waals surface area contributed by atoms with Crippen LogP contribution in [0.15, 0.2) is 84.9 Å². The molecule has 0 bridgehead atoms. The molecule has 8 nitrogen and oxygen atoms in total. The number of methoxy groups -OCH3 is 1. The molecule has 0 heterocycles. The van der Waals surface area contributed by atoms with Crippen molar-refractivity contribution in [3.63, 3.8) is 0 Å². The third-order valence-electron chi connectivity index (χ3n) is 7.68. The van der Waals surface area contributed by atoms with E-state index in [4.69, 9.17) is 14.2 Å². The predicted octanol–water partition coefficient (Wildman–Crippen LogP) is 7.97. The maximum Gasteiger partial charge on any atom is 0.251 e. The van der Waals surface area contributed by atoms with E-state index >= 15 is 0 Å². The molecule has 0 aliphatic rings. The molecule has 0 spiro atoms. The van der Waals surface area contributed by atoms with Gasteiger partial charge in [0.25, 0.3) is 5.91 Å². The van der Waals surface area contributed by atoms with Gasteiger partial charge in [-0.05, 0) is 78.6 Å². The molecule has 4 rings (SSSR count). The number of nitriles is 1. The Morgan fingerprint density at radius 3 is 2.22 bits per heavy atom. The van der Waals surface area contributed by atoms with E-state index in [9.17, 15) is 10.1 Å². The van der Waals surface area contributed by atoms with Crippen molar-refractivity contribution < 1.29 is 19.0 Å². The normalized spacial score (nSPS) is 11.3. The highest BCUT2D eigenvalue weighted by atomic mass is 32.2. The highest BCUT2D eigenvalue weighted by Crippen LogP contribution is 2.32. The number of nitrogens with one attached hydrogen (secondary N) is 2. The first kappa shape index (κ1) is 34.2. The second kappa shape index (κ2) is 17.2. The Kier molecular flexibility index (Phi) is 12.8. The zero-order valence-electron chi connectivity index (χ0n) is 27.1. The highest BCUT2D eigenvalue weighted by Gasteiger charge is 2.15. The smallest absolute Gasteiger partial charge is 0.251 e. The van der Waals surface area contributed by atoms with Crippen LogP contribution in [0.5, 0.6) is 17.2 Å². The number of anilines is 2. The van der Waals surface area contributed by atoms with Crippen molar-refractivity contribution in [1.29, 1.82) is 5.26 Å². The molecule has 0 saturated heterocycles. The molecule has 1 amide bonds. The average Bonchev–Trinajstić information content (AvgIpc) is 3.08. The number of hydrogen-bond donors (Lipinski definition) is 2. The Balaban J connectivity index is 1.55. The quantitative estimate of drug-likeness (QED) is 0.119. The molecule has 0 aliphatic carbocycles. The minimum absolute atomic E-state index is 0.218. The van der Waals surface area contributed by atoms with E-state index in [1.54, 1.807) is 44.3 Å². The van der Waals surface area contributed by atoms with Gasteiger partial charge in [0.15, 0.2) is 0 Å². The number of amides is 1. The maximum absolute atomic E-state index is 12.5. The van der Waals surface area contributed by atoms with Crippen LogP contribution in [0, 0.1) is 24.2 Å². The molecule has 2 N–H and O–H groups in total. The van der Waals surface area contributed by atoms with Gasteiger partial charge in [-0.3, -0.25) is 4.79 Å². The number of hydrogen-bond acceptors (Lipinski definition) is 8. The van der Waals surface area contributed by atoms with Gasteiger partial charge in [0.1, 0.15) is 17.2 Å². The predicted molar refractivity (Wildman–Crippen MR) is 187 cm³/mol. The number of ether oxygens (including phenoxy) is 3. The second-order valence-corrected chi connectivity index (χ2v) is 11.6. The molecule has 0 fully saturated rings. The molecule has 0 saturated carbocycles.